The molecular formula is C17H22N2O. The van der Waals surface area contributed by atoms with E-state index < -0.39 is 6.10 Å². The molecule has 1 aromatic rings. The first-order chi connectivity index (χ1) is 9.78. The summed E-state index contributed by atoms with van der Waals surface area (Å²) in [7, 11) is 0. The molecule has 3 nitrogen and oxygen atoms in total. The molecule has 0 bridgehead atoms. The van der Waals surface area contributed by atoms with E-state index in [1.165, 1.54) is 25.7 Å². The maximum absolute atomic E-state index is 10.2. The zero-order valence-electron chi connectivity index (χ0n) is 11.8. The summed E-state index contributed by atoms with van der Waals surface area (Å²) in [6.07, 6.45) is 5.13. The summed E-state index contributed by atoms with van der Waals surface area (Å²) in [4.78, 5) is 0. The van der Waals surface area contributed by atoms with Gasteiger partial charge in [0.1, 0.15) is 0 Å². The summed E-state index contributed by atoms with van der Waals surface area (Å²) in [5.74, 6) is 2.73. The maximum atomic E-state index is 10.2. The number of nitrogens with zero attached hydrogens (tertiary/aromatic N) is 1. The molecule has 0 spiro atoms. The van der Waals surface area contributed by atoms with Crippen molar-refractivity contribution in [3.05, 3.63) is 35.4 Å². The summed E-state index contributed by atoms with van der Waals surface area (Å²) in [5.41, 5.74) is 1.52. The standard InChI is InChI=1S/C17H22N2O/c18-9-12-1-3-15(4-2-12)17(20)11-19-10-16(13-5-6-13)14-7-8-14/h1-4,13-14,16-17,19-20H,5-8,10-11H2. The molecular weight excluding hydrogens is 248 g/mol. The number of hydrogen-bond acceptors (Lipinski definition) is 3. The van der Waals surface area contributed by atoms with Crippen molar-refractivity contribution in [3.63, 3.8) is 0 Å². The van der Waals surface area contributed by atoms with Gasteiger partial charge in [-0.15, -0.1) is 0 Å². The molecule has 20 heavy (non-hydrogen) atoms. The third-order valence-electron chi connectivity index (χ3n) is 4.60. The summed E-state index contributed by atoms with van der Waals surface area (Å²) < 4.78 is 0. The molecule has 2 fully saturated rings. The van der Waals surface area contributed by atoms with Gasteiger partial charge in [0.15, 0.2) is 0 Å². The Labute approximate surface area is 120 Å². The lowest BCUT2D eigenvalue weighted by Gasteiger charge is -2.18. The molecule has 2 N–H and O–H groups in total. The molecule has 2 saturated carbocycles. The first-order valence-corrected chi connectivity index (χ1v) is 7.67. The molecule has 106 valence electrons. The molecule has 0 aliphatic heterocycles. The van der Waals surface area contributed by atoms with Crippen molar-refractivity contribution in [2.24, 2.45) is 17.8 Å². The average Bonchev–Trinajstić information content (AvgIpc) is 3.37. The highest BCUT2D eigenvalue weighted by atomic mass is 16.3. The van der Waals surface area contributed by atoms with Crippen molar-refractivity contribution >= 4 is 0 Å². The van der Waals surface area contributed by atoms with Gasteiger partial charge in [-0.3, -0.25) is 0 Å². The van der Waals surface area contributed by atoms with Crippen molar-refractivity contribution in [1.82, 2.24) is 5.32 Å². The Kier molecular flexibility index (Phi) is 4.05. The van der Waals surface area contributed by atoms with E-state index in [1.54, 1.807) is 12.1 Å². The number of aliphatic hydroxyl groups excluding tert-OH is 1. The Morgan fingerprint density at radius 2 is 1.70 bits per heavy atom. The third-order valence-corrected chi connectivity index (χ3v) is 4.60. The van der Waals surface area contributed by atoms with Crippen LogP contribution in [0.3, 0.4) is 0 Å². The monoisotopic (exact) mass is 270 g/mol. The Hall–Kier alpha value is -1.37. The predicted molar refractivity (Wildman–Crippen MR) is 77.9 cm³/mol. The molecule has 1 aromatic carbocycles. The van der Waals surface area contributed by atoms with Crippen molar-refractivity contribution in [3.8, 4) is 6.07 Å². The summed E-state index contributed by atoms with van der Waals surface area (Å²) in [6.45, 7) is 1.64. The molecule has 0 amide bonds. The van der Waals surface area contributed by atoms with Crippen molar-refractivity contribution in [2.75, 3.05) is 13.1 Å². The summed E-state index contributed by atoms with van der Waals surface area (Å²) in [5, 5.41) is 22.4. The van der Waals surface area contributed by atoms with E-state index in [4.69, 9.17) is 5.26 Å². The van der Waals surface area contributed by atoms with Crippen LogP contribution in [0.15, 0.2) is 24.3 Å². The van der Waals surface area contributed by atoms with Crippen LogP contribution in [0.4, 0.5) is 0 Å². The lowest BCUT2D eigenvalue weighted by molar-refractivity contribution is 0.171. The van der Waals surface area contributed by atoms with E-state index in [-0.39, 0.29) is 0 Å². The van der Waals surface area contributed by atoms with Crippen LogP contribution < -0.4 is 5.32 Å². The second-order valence-electron chi connectivity index (χ2n) is 6.25. The second-order valence-corrected chi connectivity index (χ2v) is 6.25. The number of rotatable bonds is 7. The zero-order valence-corrected chi connectivity index (χ0v) is 11.8. The lowest BCUT2D eigenvalue weighted by atomic mass is 9.98. The van der Waals surface area contributed by atoms with Gasteiger partial charge in [0.2, 0.25) is 0 Å². The van der Waals surface area contributed by atoms with E-state index in [9.17, 15) is 5.11 Å². The predicted octanol–water partition coefficient (Wildman–Crippen LogP) is 2.62. The summed E-state index contributed by atoms with van der Waals surface area (Å²) >= 11 is 0. The smallest absolute Gasteiger partial charge is 0.0991 e. The van der Waals surface area contributed by atoms with Gasteiger partial charge in [-0.25, -0.2) is 0 Å². The van der Waals surface area contributed by atoms with Gasteiger partial charge in [0, 0.05) is 6.54 Å². The number of nitrogens with one attached hydrogen (secondary N) is 1. The quantitative estimate of drug-likeness (QED) is 0.800. The van der Waals surface area contributed by atoms with E-state index in [2.05, 4.69) is 11.4 Å². The lowest BCUT2D eigenvalue weighted by Crippen LogP contribution is -2.29. The molecule has 3 rings (SSSR count). The van der Waals surface area contributed by atoms with E-state index in [1.807, 2.05) is 12.1 Å². The van der Waals surface area contributed by atoms with Gasteiger partial charge in [-0.05, 0) is 67.7 Å². The van der Waals surface area contributed by atoms with Crippen LogP contribution in [0.1, 0.15) is 42.9 Å². The van der Waals surface area contributed by atoms with Gasteiger partial charge in [0.05, 0.1) is 17.7 Å². The summed E-state index contributed by atoms with van der Waals surface area (Å²) in [6, 6.07) is 9.29. The number of aliphatic hydroxyl groups is 1. The Morgan fingerprint density at radius 1 is 1.10 bits per heavy atom. The van der Waals surface area contributed by atoms with E-state index in [0.717, 1.165) is 29.9 Å². The van der Waals surface area contributed by atoms with Gasteiger partial charge in [-0.1, -0.05) is 12.1 Å². The highest BCUT2D eigenvalue weighted by Crippen LogP contribution is 2.48. The second kappa shape index (κ2) is 5.95. The van der Waals surface area contributed by atoms with Crippen molar-refractivity contribution in [2.45, 2.75) is 31.8 Å². The minimum absolute atomic E-state index is 0.484. The zero-order chi connectivity index (χ0) is 13.9. The minimum atomic E-state index is -0.484. The Morgan fingerprint density at radius 3 is 2.20 bits per heavy atom. The fourth-order valence-corrected chi connectivity index (χ4v) is 3.05. The van der Waals surface area contributed by atoms with E-state index in [0.29, 0.717) is 12.1 Å². The molecule has 0 saturated heterocycles. The number of hydrogen-bond donors (Lipinski definition) is 2. The van der Waals surface area contributed by atoms with Gasteiger partial charge >= 0.3 is 0 Å². The number of nitriles is 1. The van der Waals surface area contributed by atoms with Crippen LogP contribution >= 0.6 is 0 Å². The molecule has 1 atom stereocenters. The SMILES string of the molecule is N#Cc1ccc(C(O)CNCC(C2CC2)C2CC2)cc1. The minimum Gasteiger partial charge on any atom is -0.387 e. The highest BCUT2D eigenvalue weighted by molar-refractivity contribution is 5.32. The maximum Gasteiger partial charge on any atom is 0.0991 e. The normalized spacial score (nSPS) is 19.9. The molecule has 1 unspecified atom stereocenters. The van der Waals surface area contributed by atoms with Crippen LogP contribution in [0.25, 0.3) is 0 Å². The molecule has 0 aromatic heterocycles. The topological polar surface area (TPSA) is 56.0 Å². The van der Waals surface area contributed by atoms with Crippen molar-refractivity contribution < 1.29 is 5.11 Å². The Balaban J connectivity index is 1.46. The van der Waals surface area contributed by atoms with Gasteiger partial charge in [-0.2, -0.15) is 5.26 Å². The van der Waals surface area contributed by atoms with Crippen LogP contribution in [0.5, 0.6) is 0 Å². The largest absolute Gasteiger partial charge is 0.387 e. The first-order valence-electron chi connectivity index (χ1n) is 7.67. The fourth-order valence-electron chi connectivity index (χ4n) is 3.05. The molecule has 2 aliphatic carbocycles. The molecule has 0 heterocycles. The fraction of sp³-hybridized carbons (Fsp3) is 0.588. The van der Waals surface area contributed by atoms with Crippen LogP contribution in [0.2, 0.25) is 0 Å². The Bertz CT molecular complexity index is 471. The van der Waals surface area contributed by atoms with E-state index >= 15 is 0 Å². The average molecular weight is 270 g/mol. The van der Waals surface area contributed by atoms with Crippen molar-refractivity contribution in [1.29, 1.82) is 5.26 Å². The molecule has 3 heteroatoms. The molecule has 0 radical (unpaired) electrons. The molecule has 2 aliphatic rings. The third kappa shape index (κ3) is 3.39. The first kappa shape index (κ1) is 13.6. The van der Waals surface area contributed by atoms with Crippen LogP contribution in [-0.2, 0) is 0 Å². The highest BCUT2D eigenvalue weighted by Gasteiger charge is 2.40. The van der Waals surface area contributed by atoms with Crippen LogP contribution in [0, 0.1) is 29.1 Å². The van der Waals surface area contributed by atoms with Gasteiger partial charge in [0.25, 0.3) is 0 Å². The van der Waals surface area contributed by atoms with Gasteiger partial charge < -0.3 is 10.4 Å². The number of benzene rings is 1. The van der Waals surface area contributed by atoms with Crippen LogP contribution in [-0.4, -0.2) is 18.2 Å².